The number of carbonyl (C=O) groups excluding carboxylic acids is 1. The van der Waals surface area contributed by atoms with Crippen LogP contribution in [-0.4, -0.2) is 15.9 Å². The van der Waals surface area contributed by atoms with Crippen LogP contribution in [0.3, 0.4) is 0 Å². The molecule has 0 unspecified atom stereocenters. The van der Waals surface area contributed by atoms with Crippen LogP contribution in [-0.2, 0) is 19.3 Å². The Morgan fingerprint density at radius 3 is 2.00 bits per heavy atom. The number of carbonyl (C=O) groups is 1. The lowest BCUT2D eigenvalue weighted by Gasteiger charge is -2.23. The number of pyridine rings is 1. The van der Waals surface area contributed by atoms with E-state index in [1.165, 1.54) is 12.1 Å². The topological polar surface area (TPSA) is 71.2 Å². The average Bonchev–Trinajstić information content (AvgIpc) is 2.85. The molecule has 0 radical (unpaired) electrons. The zero-order valence-electron chi connectivity index (χ0n) is 18.7. The van der Waals surface area contributed by atoms with Gasteiger partial charge in [0.1, 0.15) is 0 Å². The summed E-state index contributed by atoms with van der Waals surface area (Å²) >= 11 is 0. The van der Waals surface area contributed by atoms with E-state index in [4.69, 9.17) is 5.73 Å². The minimum absolute atomic E-state index is 0.276. The summed E-state index contributed by atoms with van der Waals surface area (Å²) in [5.74, 6) is 0. The van der Waals surface area contributed by atoms with Crippen LogP contribution < -0.4 is 11.1 Å². The lowest BCUT2D eigenvalue weighted by atomic mass is 10.0. The van der Waals surface area contributed by atoms with Crippen molar-refractivity contribution in [1.29, 1.82) is 0 Å². The van der Waals surface area contributed by atoms with Crippen molar-refractivity contribution in [3.05, 3.63) is 114 Å². The van der Waals surface area contributed by atoms with Crippen LogP contribution in [0.4, 0.5) is 29.3 Å². The van der Waals surface area contributed by atoms with Gasteiger partial charge < -0.3 is 16.0 Å². The Kier molecular flexibility index (Phi) is 7.01. The van der Waals surface area contributed by atoms with Gasteiger partial charge >= 0.3 is 12.2 Å². The van der Waals surface area contributed by atoms with E-state index < -0.39 is 17.8 Å². The second kappa shape index (κ2) is 10.3. The monoisotopic (exact) mass is 476 g/mol. The van der Waals surface area contributed by atoms with Crippen LogP contribution in [0.1, 0.15) is 16.7 Å². The fourth-order valence-corrected chi connectivity index (χ4v) is 3.56. The summed E-state index contributed by atoms with van der Waals surface area (Å²) in [5, 5.41) is 2.69. The van der Waals surface area contributed by atoms with E-state index in [0.717, 1.165) is 34.4 Å². The molecule has 0 saturated carbocycles. The molecular formula is C27H23F3N4O. The third kappa shape index (κ3) is 6.38. The van der Waals surface area contributed by atoms with E-state index in [9.17, 15) is 18.0 Å². The molecule has 3 N–H and O–H groups in total. The highest BCUT2D eigenvalue weighted by molar-refractivity contribution is 5.89. The SMILES string of the molecule is Nc1ccc(-c2ccc(CN(Cc3cccnc3)C(=O)Nc3ccc(C(F)(F)F)cc3)cc2)cc1. The van der Waals surface area contributed by atoms with E-state index in [0.29, 0.717) is 12.2 Å². The molecule has 0 aliphatic rings. The number of amides is 2. The standard InChI is InChI=1S/C27H23F3N4O/c28-27(29,30)23-9-13-25(14-10-23)33-26(35)34(18-20-2-1-15-32-16-20)17-19-3-5-21(6-4-19)22-7-11-24(31)12-8-22/h1-16H,17-18,31H2,(H,33,35). The predicted octanol–water partition coefficient (Wildman–Crippen LogP) is 6.58. The zero-order valence-corrected chi connectivity index (χ0v) is 18.7. The fraction of sp³-hybridized carbons (Fsp3) is 0.111. The van der Waals surface area contributed by atoms with Crippen LogP contribution in [0, 0.1) is 0 Å². The second-order valence-electron chi connectivity index (χ2n) is 8.04. The van der Waals surface area contributed by atoms with Gasteiger partial charge in [-0.15, -0.1) is 0 Å². The third-order valence-electron chi connectivity index (χ3n) is 5.42. The number of nitrogens with zero attached hydrogens (tertiary/aromatic N) is 2. The first kappa shape index (κ1) is 23.8. The van der Waals surface area contributed by atoms with Crippen LogP contribution in [0.2, 0.25) is 0 Å². The van der Waals surface area contributed by atoms with E-state index in [2.05, 4.69) is 10.3 Å². The summed E-state index contributed by atoms with van der Waals surface area (Å²) in [7, 11) is 0. The molecule has 0 bridgehead atoms. The number of urea groups is 1. The molecule has 4 aromatic rings. The smallest absolute Gasteiger partial charge is 0.399 e. The summed E-state index contributed by atoms with van der Waals surface area (Å²) in [6.07, 6.45) is -1.12. The van der Waals surface area contributed by atoms with Gasteiger partial charge in [0, 0.05) is 36.9 Å². The van der Waals surface area contributed by atoms with Crippen LogP contribution in [0.15, 0.2) is 97.3 Å². The minimum atomic E-state index is -4.44. The highest BCUT2D eigenvalue weighted by atomic mass is 19.4. The Morgan fingerprint density at radius 2 is 1.43 bits per heavy atom. The second-order valence-corrected chi connectivity index (χ2v) is 8.04. The Hall–Kier alpha value is -4.33. The average molecular weight is 477 g/mol. The third-order valence-corrected chi connectivity index (χ3v) is 5.42. The zero-order chi connectivity index (χ0) is 24.8. The Balaban J connectivity index is 1.51. The maximum Gasteiger partial charge on any atom is 0.416 e. The maximum atomic E-state index is 13.1. The number of alkyl halides is 3. The fourth-order valence-electron chi connectivity index (χ4n) is 3.56. The Labute approximate surface area is 201 Å². The molecule has 4 rings (SSSR count). The summed E-state index contributed by atoms with van der Waals surface area (Å²) in [6, 6.07) is 22.9. The molecule has 0 aliphatic carbocycles. The normalized spacial score (nSPS) is 11.2. The van der Waals surface area contributed by atoms with Gasteiger partial charge in [-0.05, 0) is 64.7 Å². The van der Waals surface area contributed by atoms with Crippen LogP contribution >= 0.6 is 0 Å². The van der Waals surface area contributed by atoms with E-state index in [1.807, 2.05) is 54.6 Å². The lowest BCUT2D eigenvalue weighted by molar-refractivity contribution is -0.137. The number of hydrogen-bond acceptors (Lipinski definition) is 3. The molecule has 1 aromatic heterocycles. The van der Waals surface area contributed by atoms with Crippen molar-refractivity contribution >= 4 is 17.4 Å². The number of nitrogens with one attached hydrogen (secondary N) is 1. The number of rotatable bonds is 6. The number of nitrogens with two attached hydrogens (primary N) is 1. The molecule has 0 saturated heterocycles. The van der Waals surface area contributed by atoms with Crippen molar-refractivity contribution < 1.29 is 18.0 Å². The van der Waals surface area contributed by atoms with Crippen molar-refractivity contribution in [2.24, 2.45) is 0 Å². The number of benzene rings is 3. The van der Waals surface area contributed by atoms with Gasteiger partial charge in [0.25, 0.3) is 0 Å². The summed E-state index contributed by atoms with van der Waals surface area (Å²) in [5.41, 5.74) is 9.72. The lowest BCUT2D eigenvalue weighted by Crippen LogP contribution is -2.34. The molecule has 0 fully saturated rings. The first-order chi connectivity index (χ1) is 16.8. The molecule has 178 valence electrons. The molecule has 3 aromatic carbocycles. The van der Waals surface area contributed by atoms with Crippen LogP contribution in [0.5, 0.6) is 0 Å². The van der Waals surface area contributed by atoms with E-state index in [1.54, 1.807) is 23.4 Å². The van der Waals surface area contributed by atoms with E-state index in [-0.39, 0.29) is 12.2 Å². The van der Waals surface area contributed by atoms with Gasteiger partial charge in [-0.25, -0.2) is 4.79 Å². The van der Waals surface area contributed by atoms with E-state index >= 15 is 0 Å². The molecule has 35 heavy (non-hydrogen) atoms. The Morgan fingerprint density at radius 1 is 0.829 bits per heavy atom. The molecule has 8 heteroatoms. The molecule has 1 heterocycles. The molecular weight excluding hydrogens is 453 g/mol. The summed E-state index contributed by atoms with van der Waals surface area (Å²) < 4.78 is 38.5. The summed E-state index contributed by atoms with van der Waals surface area (Å²) in [6.45, 7) is 0.573. The van der Waals surface area contributed by atoms with Gasteiger partial charge in [0.15, 0.2) is 0 Å². The number of aromatic nitrogens is 1. The first-order valence-electron chi connectivity index (χ1n) is 10.8. The molecule has 0 atom stereocenters. The highest BCUT2D eigenvalue weighted by Crippen LogP contribution is 2.30. The first-order valence-corrected chi connectivity index (χ1v) is 10.8. The van der Waals surface area contributed by atoms with Gasteiger partial charge in [-0.1, -0.05) is 42.5 Å². The molecule has 5 nitrogen and oxygen atoms in total. The summed E-state index contributed by atoms with van der Waals surface area (Å²) in [4.78, 5) is 18.8. The van der Waals surface area contributed by atoms with Crippen molar-refractivity contribution in [2.45, 2.75) is 19.3 Å². The molecule has 0 spiro atoms. The van der Waals surface area contributed by atoms with Gasteiger partial charge in [-0.2, -0.15) is 13.2 Å². The highest BCUT2D eigenvalue weighted by Gasteiger charge is 2.30. The number of halogens is 3. The maximum absolute atomic E-state index is 13.1. The molecule has 0 aliphatic heterocycles. The van der Waals surface area contributed by atoms with Crippen LogP contribution in [0.25, 0.3) is 11.1 Å². The quantitative estimate of drug-likeness (QED) is 0.309. The van der Waals surface area contributed by atoms with Crippen molar-refractivity contribution in [1.82, 2.24) is 9.88 Å². The van der Waals surface area contributed by atoms with Crippen molar-refractivity contribution in [3.8, 4) is 11.1 Å². The Bertz CT molecular complexity index is 1260. The number of hydrogen-bond donors (Lipinski definition) is 2. The predicted molar refractivity (Wildman–Crippen MR) is 130 cm³/mol. The molecule has 2 amide bonds. The van der Waals surface area contributed by atoms with Gasteiger partial charge in [0.05, 0.1) is 5.56 Å². The van der Waals surface area contributed by atoms with Gasteiger partial charge in [0.2, 0.25) is 0 Å². The number of nitrogen functional groups attached to an aromatic ring is 1. The van der Waals surface area contributed by atoms with Crippen molar-refractivity contribution in [2.75, 3.05) is 11.1 Å². The largest absolute Gasteiger partial charge is 0.416 e. The van der Waals surface area contributed by atoms with Crippen molar-refractivity contribution in [3.63, 3.8) is 0 Å². The van der Waals surface area contributed by atoms with Gasteiger partial charge in [-0.3, -0.25) is 4.98 Å². The number of anilines is 2. The minimum Gasteiger partial charge on any atom is -0.399 e.